The largest absolute Gasteiger partial charge is 0.479 e. The highest BCUT2D eigenvalue weighted by atomic mass is 35.5. The fraction of sp³-hybridized carbons (Fsp3) is 0.533. The number of hydrogen-bond acceptors (Lipinski definition) is 3. The SMILES string of the molecule is CC(Oc1ccc(CNC2CC2)cc1Cl)C(=O)N(C)C. The van der Waals surface area contributed by atoms with Gasteiger partial charge in [-0.2, -0.15) is 0 Å². The summed E-state index contributed by atoms with van der Waals surface area (Å²) in [5.41, 5.74) is 1.13. The standard InChI is InChI=1S/C15H21ClN2O2/c1-10(15(19)18(2)3)20-14-7-4-11(8-13(14)16)9-17-12-5-6-12/h4,7-8,10,12,17H,5-6,9H2,1-3H3. The van der Waals surface area contributed by atoms with Gasteiger partial charge in [0.2, 0.25) is 0 Å². The van der Waals surface area contributed by atoms with Crippen molar-refractivity contribution in [3.8, 4) is 5.75 Å². The number of carbonyl (C=O) groups excluding carboxylic acids is 1. The van der Waals surface area contributed by atoms with E-state index >= 15 is 0 Å². The van der Waals surface area contributed by atoms with E-state index in [2.05, 4.69) is 5.32 Å². The van der Waals surface area contributed by atoms with Crippen LogP contribution in [-0.4, -0.2) is 37.0 Å². The van der Waals surface area contributed by atoms with Crippen LogP contribution in [0.5, 0.6) is 5.75 Å². The van der Waals surface area contributed by atoms with Gasteiger partial charge in [-0.1, -0.05) is 17.7 Å². The van der Waals surface area contributed by atoms with E-state index in [4.69, 9.17) is 16.3 Å². The summed E-state index contributed by atoms with van der Waals surface area (Å²) in [6.07, 6.45) is 1.98. The van der Waals surface area contributed by atoms with E-state index in [1.54, 1.807) is 21.0 Å². The predicted octanol–water partition coefficient (Wildman–Crippen LogP) is 2.45. The van der Waals surface area contributed by atoms with Crippen LogP contribution >= 0.6 is 11.6 Å². The van der Waals surface area contributed by atoms with Crippen LogP contribution in [0.25, 0.3) is 0 Å². The van der Waals surface area contributed by atoms with E-state index in [0.29, 0.717) is 16.8 Å². The van der Waals surface area contributed by atoms with Crippen molar-refractivity contribution in [3.63, 3.8) is 0 Å². The molecule has 0 bridgehead atoms. The molecule has 0 radical (unpaired) electrons. The fourth-order valence-corrected chi connectivity index (χ4v) is 2.15. The van der Waals surface area contributed by atoms with Gasteiger partial charge in [0.05, 0.1) is 5.02 Å². The molecule has 1 saturated carbocycles. The molecule has 0 heterocycles. The fourth-order valence-electron chi connectivity index (χ4n) is 1.90. The molecular weight excluding hydrogens is 276 g/mol. The summed E-state index contributed by atoms with van der Waals surface area (Å²) in [7, 11) is 3.41. The molecule has 1 N–H and O–H groups in total. The molecule has 2 rings (SSSR count). The summed E-state index contributed by atoms with van der Waals surface area (Å²) in [4.78, 5) is 13.3. The molecule has 1 aromatic rings. The molecule has 1 atom stereocenters. The quantitative estimate of drug-likeness (QED) is 0.877. The zero-order valence-corrected chi connectivity index (χ0v) is 12.9. The second-order valence-electron chi connectivity index (χ2n) is 5.41. The third kappa shape index (κ3) is 4.12. The zero-order chi connectivity index (χ0) is 14.7. The first kappa shape index (κ1) is 15.1. The Morgan fingerprint density at radius 1 is 1.50 bits per heavy atom. The van der Waals surface area contributed by atoms with Gasteiger partial charge in [0.15, 0.2) is 6.10 Å². The number of hydrogen-bond donors (Lipinski definition) is 1. The van der Waals surface area contributed by atoms with Gasteiger partial charge >= 0.3 is 0 Å². The molecule has 0 spiro atoms. The maximum atomic E-state index is 11.8. The molecule has 20 heavy (non-hydrogen) atoms. The minimum Gasteiger partial charge on any atom is -0.479 e. The first-order chi connectivity index (χ1) is 9.47. The third-order valence-corrected chi connectivity index (χ3v) is 3.56. The van der Waals surface area contributed by atoms with Crippen molar-refractivity contribution in [3.05, 3.63) is 28.8 Å². The molecule has 0 aromatic heterocycles. The topological polar surface area (TPSA) is 41.6 Å². The van der Waals surface area contributed by atoms with Crippen LogP contribution in [0.3, 0.4) is 0 Å². The van der Waals surface area contributed by atoms with E-state index in [1.165, 1.54) is 17.7 Å². The molecule has 0 aliphatic heterocycles. The van der Waals surface area contributed by atoms with Crippen LogP contribution in [0, 0.1) is 0 Å². The van der Waals surface area contributed by atoms with Gasteiger partial charge in [-0.3, -0.25) is 4.79 Å². The molecule has 4 nitrogen and oxygen atoms in total. The number of nitrogens with one attached hydrogen (secondary N) is 1. The second-order valence-corrected chi connectivity index (χ2v) is 5.82. The lowest BCUT2D eigenvalue weighted by molar-refractivity contribution is -0.135. The number of halogens is 1. The maximum absolute atomic E-state index is 11.8. The van der Waals surface area contributed by atoms with Crippen molar-refractivity contribution in [1.82, 2.24) is 10.2 Å². The summed E-state index contributed by atoms with van der Waals surface area (Å²) in [5.74, 6) is 0.463. The van der Waals surface area contributed by atoms with Crippen molar-refractivity contribution >= 4 is 17.5 Å². The molecule has 1 unspecified atom stereocenters. The Morgan fingerprint density at radius 2 is 2.20 bits per heavy atom. The first-order valence-electron chi connectivity index (χ1n) is 6.87. The molecule has 1 fully saturated rings. The van der Waals surface area contributed by atoms with Gasteiger partial charge in [-0.25, -0.2) is 0 Å². The van der Waals surface area contributed by atoms with Crippen molar-refractivity contribution in [2.24, 2.45) is 0 Å². The summed E-state index contributed by atoms with van der Waals surface area (Å²) in [6, 6.07) is 6.36. The number of likely N-dealkylation sites (N-methyl/N-ethyl adjacent to an activating group) is 1. The molecule has 1 amide bonds. The van der Waals surface area contributed by atoms with Crippen molar-refractivity contribution < 1.29 is 9.53 Å². The van der Waals surface area contributed by atoms with Gasteiger partial charge in [0.25, 0.3) is 5.91 Å². The molecule has 0 saturated heterocycles. The van der Waals surface area contributed by atoms with Crippen LogP contribution in [0.15, 0.2) is 18.2 Å². The minimum absolute atomic E-state index is 0.0828. The Labute approximate surface area is 125 Å². The monoisotopic (exact) mass is 296 g/mol. The number of amides is 1. The first-order valence-corrected chi connectivity index (χ1v) is 7.25. The van der Waals surface area contributed by atoms with Crippen LogP contribution in [0.4, 0.5) is 0 Å². The number of benzene rings is 1. The average Bonchev–Trinajstić information content (AvgIpc) is 3.22. The zero-order valence-electron chi connectivity index (χ0n) is 12.1. The smallest absolute Gasteiger partial charge is 0.262 e. The molecule has 1 aliphatic rings. The lowest BCUT2D eigenvalue weighted by atomic mass is 10.2. The number of nitrogens with zero attached hydrogens (tertiary/aromatic N) is 1. The van der Waals surface area contributed by atoms with E-state index in [1.807, 2.05) is 18.2 Å². The Balaban J connectivity index is 1.95. The average molecular weight is 297 g/mol. The Hall–Kier alpha value is -1.26. The maximum Gasteiger partial charge on any atom is 0.262 e. The molecule has 110 valence electrons. The highest BCUT2D eigenvalue weighted by Crippen LogP contribution is 2.27. The van der Waals surface area contributed by atoms with Gasteiger partial charge in [0.1, 0.15) is 5.75 Å². The lowest BCUT2D eigenvalue weighted by Gasteiger charge is -2.19. The molecule has 1 aromatic carbocycles. The Morgan fingerprint density at radius 3 is 2.75 bits per heavy atom. The van der Waals surface area contributed by atoms with Crippen LogP contribution in [-0.2, 0) is 11.3 Å². The van der Waals surface area contributed by atoms with E-state index in [-0.39, 0.29) is 5.91 Å². The van der Waals surface area contributed by atoms with Crippen LogP contribution in [0.1, 0.15) is 25.3 Å². The predicted molar refractivity (Wildman–Crippen MR) is 80.1 cm³/mol. The van der Waals surface area contributed by atoms with E-state index in [9.17, 15) is 4.79 Å². The second kappa shape index (κ2) is 6.46. The minimum atomic E-state index is -0.544. The number of ether oxygens (including phenoxy) is 1. The molecule has 1 aliphatic carbocycles. The lowest BCUT2D eigenvalue weighted by Crippen LogP contribution is -2.35. The van der Waals surface area contributed by atoms with Gasteiger partial charge < -0.3 is 15.0 Å². The number of rotatable bonds is 6. The van der Waals surface area contributed by atoms with Gasteiger partial charge in [-0.05, 0) is 37.5 Å². The summed E-state index contributed by atoms with van der Waals surface area (Å²) in [6.45, 7) is 2.54. The highest BCUT2D eigenvalue weighted by Gasteiger charge is 2.20. The van der Waals surface area contributed by atoms with E-state index in [0.717, 1.165) is 12.1 Å². The number of carbonyl (C=O) groups is 1. The summed E-state index contributed by atoms with van der Waals surface area (Å²) >= 11 is 6.21. The van der Waals surface area contributed by atoms with Crippen LogP contribution < -0.4 is 10.1 Å². The normalized spacial score (nSPS) is 15.8. The van der Waals surface area contributed by atoms with Crippen molar-refractivity contribution in [1.29, 1.82) is 0 Å². The molecule has 5 heteroatoms. The third-order valence-electron chi connectivity index (χ3n) is 3.26. The summed E-state index contributed by atoms with van der Waals surface area (Å²) in [5, 5.41) is 3.97. The Bertz CT molecular complexity index is 487. The van der Waals surface area contributed by atoms with Crippen LogP contribution in [0.2, 0.25) is 5.02 Å². The van der Waals surface area contributed by atoms with E-state index < -0.39 is 6.10 Å². The van der Waals surface area contributed by atoms with Crippen molar-refractivity contribution in [2.75, 3.05) is 14.1 Å². The van der Waals surface area contributed by atoms with Crippen molar-refractivity contribution in [2.45, 2.75) is 38.5 Å². The van der Waals surface area contributed by atoms with Gasteiger partial charge in [0, 0.05) is 26.7 Å². The van der Waals surface area contributed by atoms with Gasteiger partial charge in [-0.15, -0.1) is 0 Å². The molecular formula is C15H21ClN2O2. The summed E-state index contributed by atoms with van der Waals surface area (Å²) < 4.78 is 5.62. The highest BCUT2D eigenvalue weighted by molar-refractivity contribution is 6.32. The Kier molecular flexibility index (Phi) is 4.89.